The van der Waals surface area contributed by atoms with Crippen LogP contribution in [-0.4, -0.2) is 84.9 Å². The highest BCUT2D eigenvalue weighted by molar-refractivity contribution is 7.90. The Kier molecular flexibility index (Phi) is 8.69. The Morgan fingerprint density at radius 3 is 2.26 bits per heavy atom. The van der Waals surface area contributed by atoms with Crippen molar-refractivity contribution in [2.45, 2.75) is 19.9 Å². The number of halogens is 2. The zero-order chi connectivity index (χ0) is 27.3. The molecule has 0 radical (unpaired) electrons. The Balaban J connectivity index is 1.46. The fourth-order valence-electron chi connectivity index (χ4n) is 4.11. The second-order valence-electron chi connectivity index (χ2n) is 8.96. The van der Waals surface area contributed by atoms with E-state index < -0.39 is 22.5 Å². The zero-order valence-corrected chi connectivity index (χ0v) is 22.0. The maximum atomic E-state index is 13.7. The maximum absolute atomic E-state index is 13.7. The molecule has 1 saturated heterocycles. The number of para-hydroxylation sites is 1. The van der Waals surface area contributed by atoms with Crippen LogP contribution in [0.25, 0.3) is 11.5 Å². The van der Waals surface area contributed by atoms with Gasteiger partial charge >= 0.3 is 16.6 Å². The summed E-state index contributed by atoms with van der Waals surface area (Å²) in [6, 6.07) is 15.4. The van der Waals surface area contributed by atoms with Crippen molar-refractivity contribution in [2.24, 2.45) is 0 Å². The first-order valence-electron chi connectivity index (χ1n) is 12.1. The number of carbonyl (C=O) groups excluding carboxylic acids is 1. The largest absolute Gasteiger partial charge is 0.415 e. The van der Waals surface area contributed by atoms with Gasteiger partial charge in [0.1, 0.15) is 0 Å². The van der Waals surface area contributed by atoms with Crippen molar-refractivity contribution in [2.75, 3.05) is 50.6 Å². The lowest BCUT2D eigenvalue weighted by molar-refractivity contribution is -0.130. The lowest BCUT2D eigenvalue weighted by Gasteiger charge is -2.35. The molecule has 0 bridgehead atoms. The molecule has 1 aliphatic rings. The van der Waals surface area contributed by atoms with Gasteiger partial charge in [-0.1, -0.05) is 30.3 Å². The lowest BCUT2D eigenvalue weighted by atomic mass is 10.1. The molecule has 1 amide bonds. The Hall–Kier alpha value is -3.42. The van der Waals surface area contributed by atoms with Gasteiger partial charge in [0.2, 0.25) is 11.8 Å². The third kappa shape index (κ3) is 6.52. The Bertz CT molecular complexity index is 1310. The van der Waals surface area contributed by atoms with Gasteiger partial charge in [-0.25, -0.2) is 0 Å². The average Bonchev–Trinajstić information content (AvgIpc) is 3.42. The number of amides is 1. The topological polar surface area (TPSA) is 103 Å². The van der Waals surface area contributed by atoms with E-state index in [0.717, 1.165) is 0 Å². The second-order valence-corrected chi connectivity index (χ2v) is 10.9. The molecule has 0 unspecified atom stereocenters. The number of hydrogen-bond donors (Lipinski definition) is 0. The number of rotatable bonds is 10. The summed E-state index contributed by atoms with van der Waals surface area (Å²) in [6.45, 7) is 5.09. The molecule has 0 atom stereocenters. The van der Waals surface area contributed by atoms with Crippen molar-refractivity contribution in [3.8, 4) is 11.5 Å². The molecular weight excluding hydrogens is 518 g/mol. The highest BCUT2D eigenvalue weighted by Crippen LogP contribution is 2.26. The predicted molar refractivity (Wildman–Crippen MR) is 138 cm³/mol. The Morgan fingerprint density at radius 2 is 1.68 bits per heavy atom. The van der Waals surface area contributed by atoms with E-state index in [1.54, 1.807) is 67.4 Å². The predicted octanol–water partition coefficient (Wildman–Crippen LogP) is 3.02. The van der Waals surface area contributed by atoms with Gasteiger partial charge in [-0.2, -0.15) is 21.5 Å². The molecule has 10 nitrogen and oxygen atoms in total. The van der Waals surface area contributed by atoms with Gasteiger partial charge in [0.25, 0.3) is 5.89 Å². The van der Waals surface area contributed by atoms with E-state index in [1.165, 1.54) is 8.61 Å². The SMILES string of the molecule is CC(=O)N1CCN(CCN(C)S(=O)(=O)N(Cc2ccc(-c3nnc(C(F)F)o3)cc2)c2ccccc2)CC1. The summed E-state index contributed by atoms with van der Waals surface area (Å²) in [5.74, 6) is -0.747. The first-order valence-corrected chi connectivity index (χ1v) is 13.5. The summed E-state index contributed by atoms with van der Waals surface area (Å²) in [6.07, 6.45) is -2.86. The van der Waals surface area contributed by atoms with Crippen LogP contribution in [0.5, 0.6) is 0 Å². The maximum Gasteiger partial charge on any atom is 0.314 e. The van der Waals surface area contributed by atoms with Crippen molar-refractivity contribution in [1.82, 2.24) is 24.3 Å². The summed E-state index contributed by atoms with van der Waals surface area (Å²) >= 11 is 0. The molecule has 204 valence electrons. The minimum absolute atomic E-state index is 0.0387. The highest BCUT2D eigenvalue weighted by Gasteiger charge is 2.29. The molecule has 38 heavy (non-hydrogen) atoms. The van der Waals surface area contributed by atoms with Crippen molar-refractivity contribution in [3.63, 3.8) is 0 Å². The molecule has 13 heteroatoms. The van der Waals surface area contributed by atoms with Gasteiger partial charge in [-0.15, -0.1) is 10.2 Å². The fraction of sp³-hybridized carbons (Fsp3) is 0.400. The van der Waals surface area contributed by atoms with Gasteiger partial charge in [0.05, 0.1) is 12.2 Å². The van der Waals surface area contributed by atoms with Crippen LogP contribution in [0, 0.1) is 0 Å². The van der Waals surface area contributed by atoms with Gasteiger partial charge in [-0.3, -0.25) is 14.0 Å². The molecule has 0 saturated carbocycles. The smallest absolute Gasteiger partial charge is 0.314 e. The van der Waals surface area contributed by atoms with E-state index in [0.29, 0.717) is 49.5 Å². The standard InChI is InChI=1S/C25H30F2N6O4S/c1-19(34)32-16-14-31(15-17-32)13-12-30(2)38(35,36)33(22-6-4-3-5-7-22)18-20-8-10-21(11-9-20)24-28-29-25(37-24)23(26)27/h3-11,23H,12-18H2,1-2H3. The van der Waals surface area contributed by atoms with E-state index >= 15 is 0 Å². The van der Waals surface area contributed by atoms with Crippen LogP contribution in [0.2, 0.25) is 0 Å². The molecule has 0 spiro atoms. The summed E-state index contributed by atoms with van der Waals surface area (Å²) in [5, 5.41) is 6.98. The van der Waals surface area contributed by atoms with E-state index in [2.05, 4.69) is 15.1 Å². The quantitative estimate of drug-likeness (QED) is 0.384. The minimum atomic E-state index is -3.89. The summed E-state index contributed by atoms with van der Waals surface area (Å²) in [7, 11) is -2.34. The number of aromatic nitrogens is 2. The first-order chi connectivity index (χ1) is 18.1. The number of anilines is 1. The molecule has 3 aromatic rings. The average molecular weight is 549 g/mol. The molecule has 1 fully saturated rings. The van der Waals surface area contributed by atoms with Crippen molar-refractivity contribution in [1.29, 1.82) is 0 Å². The van der Waals surface area contributed by atoms with Gasteiger partial charge in [0, 0.05) is 58.8 Å². The van der Waals surface area contributed by atoms with Crippen LogP contribution in [-0.2, 0) is 21.5 Å². The van der Waals surface area contributed by atoms with E-state index in [4.69, 9.17) is 4.42 Å². The van der Waals surface area contributed by atoms with Crippen LogP contribution in [0.3, 0.4) is 0 Å². The molecular formula is C25H30F2N6O4S. The molecule has 0 aliphatic carbocycles. The zero-order valence-electron chi connectivity index (χ0n) is 21.2. The van der Waals surface area contributed by atoms with E-state index in [9.17, 15) is 22.0 Å². The van der Waals surface area contributed by atoms with Gasteiger partial charge in [0.15, 0.2) is 0 Å². The minimum Gasteiger partial charge on any atom is -0.415 e. The summed E-state index contributed by atoms with van der Waals surface area (Å²) in [5.41, 5.74) is 1.64. The number of carbonyl (C=O) groups is 1. The number of alkyl halides is 2. The summed E-state index contributed by atoms with van der Waals surface area (Å²) in [4.78, 5) is 15.5. The number of likely N-dealkylation sites (N-methyl/N-ethyl adjacent to an activating group) is 1. The number of benzene rings is 2. The number of nitrogens with zero attached hydrogens (tertiary/aromatic N) is 6. The van der Waals surface area contributed by atoms with Gasteiger partial charge in [-0.05, 0) is 29.8 Å². The molecule has 4 rings (SSSR count). The number of piperazine rings is 1. The Morgan fingerprint density at radius 1 is 1.03 bits per heavy atom. The number of hydrogen-bond acceptors (Lipinski definition) is 7. The summed E-state index contributed by atoms with van der Waals surface area (Å²) < 4.78 is 60.5. The monoisotopic (exact) mass is 548 g/mol. The van der Waals surface area contributed by atoms with Crippen molar-refractivity contribution >= 4 is 21.8 Å². The van der Waals surface area contributed by atoms with Crippen molar-refractivity contribution in [3.05, 3.63) is 66.1 Å². The van der Waals surface area contributed by atoms with Crippen LogP contribution >= 0.6 is 0 Å². The molecule has 1 aliphatic heterocycles. The Labute approximate surface area is 220 Å². The third-order valence-electron chi connectivity index (χ3n) is 6.42. The third-order valence-corrected chi connectivity index (χ3v) is 8.29. The second kappa shape index (κ2) is 12.0. The first kappa shape index (κ1) is 27.6. The lowest BCUT2D eigenvalue weighted by Crippen LogP contribution is -2.50. The van der Waals surface area contributed by atoms with Crippen LogP contribution < -0.4 is 4.31 Å². The van der Waals surface area contributed by atoms with Crippen LogP contribution in [0.15, 0.2) is 59.0 Å². The van der Waals surface area contributed by atoms with Gasteiger partial charge < -0.3 is 9.32 Å². The van der Waals surface area contributed by atoms with Crippen molar-refractivity contribution < 1.29 is 26.4 Å². The molecule has 2 heterocycles. The van der Waals surface area contributed by atoms with Crippen LogP contribution in [0.1, 0.15) is 24.8 Å². The fourth-order valence-corrected chi connectivity index (χ4v) is 5.46. The molecule has 2 aromatic carbocycles. The van der Waals surface area contributed by atoms with E-state index in [1.807, 2.05) is 6.07 Å². The molecule has 0 N–H and O–H groups in total. The van der Waals surface area contributed by atoms with Crippen LogP contribution in [0.4, 0.5) is 14.5 Å². The highest BCUT2D eigenvalue weighted by atomic mass is 32.2. The van der Waals surface area contributed by atoms with E-state index in [-0.39, 0.29) is 24.9 Å². The molecule has 1 aromatic heterocycles. The normalized spacial score (nSPS) is 14.8.